The number of benzene rings is 3. The topological polar surface area (TPSA) is 13.0 Å². The lowest BCUT2D eigenvalue weighted by Crippen LogP contribution is -2.46. The zero-order chi connectivity index (χ0) is 27.3. The second kappa shape index (κ2) is 12.8. The zero-order valence-corrected chi connectivity index (χ0v) is 23.5. The van der Waals surface area contributed by atoms with Gasteiger partial charge < -0.3 is 14.7 Å². The van der Waals surface area contributed by atoms with Crippen LogP contribution in [0.4, 0.5) is 20.2 Å². The normalized spacial score (nSPS) is 21.9. The average molecular weight is 545 g/mol. The highest BCUT2D eigenvalue weighted by molar-refractivity contribution is 5.73. The van der Waals surface area contributed by atoms with Crippen molar-refractivity contribution in [1.29, 1.82) is 0 Å². The molecule has 0 aromatic heterocycles. The van der Waals surface area contributed by atoms with Gasteiger partial charge in [-0.2, -0.15) is 0 Å². The van der Waals surface area contributed by atoms with Gasteiger partial charge in [-0.05, 0) is 85.9 Å². The first-order chi connectivity index (χ1) is 19.6. The maximum Gasteiger partial charge on any atom is 0.123 e. The SMILES string of the molecule is Fc1ccc(N2c3ccc(F)cc3[C@@H]3CN(CCCCCCN4CCN(Cc5ccccc5)CC4)CC[C@H]32)cc1. The van der Waals surface area contributed by atoms with E-state index in [0.29, 0.717) is 6.04 Å². The quantitative estimate of drug-likeness (QED) is 0.265. The highest BCUT2D eigenvalue weighted by atomic mass is 19.1. The third-order valence-corrected chi connectivity index (χ3v) is 9.16. The standard InChI is InChI=1S/C34H42F2N4/c35-28-10-13-30(14-11-28)40-33-15-12-29(36)24-31(33)32-26-38(19-16-34(32)40)18-7-2-1-6-17-37-20-22-39(23-21-37)25-27-8-4-3-5-9-27/h3-5,8-15,24,32,34H,1-2,6-7,16-23,25-26H2/t32-,34+/m0/s1. The summed E-state index contributed by atoms with van der Waals surface area (Å²) in [6, 6.07) is 23.0. The van der Waals surface area contributed by atoms with Crippen LogP contribution in [-0.4, -0.2) is 73.1 Å². The third-order valence-electron chi connectivity index (χ3n) is 9.16. The molecule has 3 aromatic carbocycles. The Morgan fingerprint density at radius 3 is 2.08 bits per heavy atom. The Balaban J connectivity index is 0.924. The fourth-order valence-electron chi connectivity index (χ4n) is 7.01. The average Bonchev–Trinajstić information content (AvgIpc) is 3.29. The molecule has 6 rings (SSSR count). The molecule has 4 nitrogen and oxygen atoms in total. The molecule has 0 saturated carbocycles. The van der Waals surface area contributed by atoms with E-state index in [1.807, 2.05) is 18.2 Å². The number of halogens is 2. The predicted molar refractivity (Wildman–Crippen MR) is 159 cm³/mol. The summed E-state index contributed by atoms with van der Waals surface area (Å²) < 4.78 is 27.9. The first-order valence-electron chi connectivity index (χ1n) is 15.2. The second-order valence-corrected chi connectivity index (χ2v) is 11.8. The van der Waals surface area contributed by atoms with Crippen LogP contribution in [0.25, 0.3) is 0 Å². The van der Waals surface area contributed by atoms with Crippen molar-refractivity contribution < 1.29 is 8.78 Å². The molecule has 0 N–H and O–H groups in total. The summed E-state index contributed by atoms with van der Waals surface area (Å²) in [5, 5.41) is 0. The van der Waals surface area contributed by atoms with Crippen LogP contribution >= 0.6 is 0 Å². The molecule has 0 radical (unpaired) electrons. The molecular formula is C34H42F2N4. The van der Waals surface area contributed by atoms with Crippen molar-refractivity contribution in [1.82, 2.24) is 14.7 Å². The summed E-state index contributed by atoms with van der Waals surface area (Å²) in [4.78, 5) is 10.1. The minimum absolute atomic E-state index is 0.173. The molecule has 2 saturated heterocycles. The largest absolute Gasteiger partial charge is 0.337 e. The molecule has 2 atom stereocenters. The number of nitrogens with zero attached hydrogens (tertiary/aromatic N) is 4. The van der Waals surface area contributed by atoms with Crippen LogP contribution in [0.15, 0.2) is 72.8 Å². The lowest BCUT2D eigenvalue weighted by Gasteiger charge is -2.39. The van der Waals surface area contributed by atoms with E-state index in [0.717, 1.165) is 62.6 Å². The molecule has 3 aliphatic heterocycles. The van der Waals surface area contributed by atoms with E-state index in [2.05, 4.69) is 49.9 Å². The highest BCUT2D eigenvalue weighted by Crippen LogP contribution is 2.48. The van der Waals surface area contributed by atoms with E-state index in [1.54, 1.807) is 12.1 Å². The zero-order valence-electron chi connectivity index (χ0n) is 23.5. The maximum atomic E-state index is 14.3. The molecule has 3 heterocycles. The molecule has 40 heavy (non-hydrogen) atoms. The fraction of sp³-hybridized carbons (Fsp3) is 0.471. The maximum absolute atomic E-state index is 14.3. The molecule has 0 unspecified atom stereocenters. The lowest BCUT2D eigenvalue weighted by atomic mass is 9.88. The number of hydrogen-bond donors (Lipinski definition) is 0. The van der Waals surface area contributed by atoms with Crippen LogP contribution in [0.3, 0.4) is 0 Å². The number of likely N-dealkylation sites (tertiary alicyclic amines) is 1. The predicted octanol–water partition coefficient (Wildman–Crippen LogP) is 6.65. The van der Waals surface area contributed by atoms with E-state index >= 15 is 0 Å². The molecule has 0 bridgehead atoms. The second-order valence-electron chi connectivity index (χ2n) is 11.8. The monoisotopic (exact) mass is 544 g/mol. The molecule has 2 fully saturated rings. The van der Waals surface area contributed by atoms with Crippen LogP contribution < -0.4 is 4.90 Å². The first kappa shape index (κ1) is 27.4. The summed E-state index contributed by atoms with van der Waals surface area (Å²) in [6.07, 6.45) is 6.10. The van der Waals surface area contributed by atoms with Gasteiger partial charge in [0.15, 0.2) is 0 Å². The Labute approximate surface area is 238 Å². The van der Waals surface area contributed by atoms with Crippen LogP contribution in [0.5, 0.6) is 0 Å². The van der Waals surface area contributed by atoms with Crippen molar-refractivity contribution in [2.24, 2.45) is 0 Å². The van der Waals surface area contributed by atoms with Crippen LogP contribution in [0.1, 0.15) is 49.1 Å². The van der Waals surface area contributed by atoms with Crippen molar-refractivity contribution in [2.45, 2.75) is 50.6 Å². The van der Waals surface area contributed by atoms with Crippen LogP contribution in [-0.2, 0) is 6.54 Å². The van der Waals surface area contributed by atoms with Gasteiger partial charge in [-0.3, -0.25) is 4.90 Å². The van der Waals surface area contributed by atoms with Crippen molar-refractivity contribution >= 4 is 11.4 Å². The molecule has 212 valence electrons. The molecule has 3 aliphatic rings. The summed E-state index contributed by atoms with van der Waals surface area (Å²) in [6.45, 7) is 10.1. The Morgan fingerprint density at radius 2 is 1.32 bits per heavy atom. The minimum atomic E-state index is -0.227. The summed E-state index contributed by atoms with van der Waals surface area (Å²) in [7, 11) is 0. The molecule has 0 amide bonds. The number of hydrogen-bond acceptors (Lipinski definition) is 4. The van der Waals surface area contributed by atoms with E-state index in [9.17, 15) is 8.78 Å². The van der Waals surface area contributed by atoms with Gasteiger partial charge in [-0.15, -0.1) is 0 Å². The number of fused-ring (bicyclic) bond motifs is 3. The van der Waals surface area contributed by atoms with E-state index in [-0.39, 0.29) is 17.6 Å². The Hall–Kier alpha value is -2.80. The molecular weight excluding hydrogens is 502 g/mol. The first-order valence-corrected chi connectivity index (χ1v) is 15.2. The smallest absolute Gasteiger partial charge is 0.123 e. The Morgan fingerprint density at radius 1 is 0.650 bits per heavy atom. The lowest BCUT2D eigenvalue weighted by molar-refractivity contribution is 0.125. The van der Waals surface area contributed by atoms with E-state index in [4.69, 9.17) is 0 Å². The number of rotatable bonds is 10. The van der Waals surface area contributed by atoms with Crippen molar-refractivity contribution in [2.75, 3.05) is 57.3 Å². The molecule has 0 spiro atoms. The molecule has 3 aromatic rings. The number of piperidine rings is 1. The van der Waals surface area contributed by atoms with Crippen molar-refractivity contribution in [3.8, 4) is 0 Å². The third kappa shape index (κ3) is 6.40. The van der Waals surface area contributed by atoms with E-state index < -0.39 is 0 Å². The van der Waals surface area contributed by atoms with Gasteiger partial charge >= 0.3 is 0 Å². The molecule has 0 aliphatic carbocycles. The minimum Gasteiger partial charge on any atom is -0.337 e. The Kier molecular flexibility index (Phi) is 8.76. The van der Waals surface area contributed by atoms with Crippen molar-refractivity contribution in [3.05, 3.63) is 95.6 Å². The van der Waals surface area contributed by atoms with Gasteiger partial charge in [0.2, 0.25) is 0 Å². The van der Waals surface area contributed by atoms with Crippen LogP contribution in [0, 0.1) is 11.6 Å². The number of anilines is 2. The van der Waals surface area contributed by atoms with Crippen molar-refractivity contribution in [3.63, 3.8) is 0 Å². The Bertz CT molecular complexity index is 1230. The summed E-state index contributed by atoms with van der Waals surface area (Å²) >= 11 is 0. The molecule has 6 heteroatoms. The van der Waals surface area contributed by atoms with Gasteiger partial charge in [0.1, 0.15) is 11.6 Å². The van der Waals surface area contributed by atoms with E-state index in [1.165, 1.54) is 63.0 Å². The summed E-state index contributed by atoms with van der Waals surface area (Å²) in [5.74, 6) is -0.117. The van der Waals surface area contributed by atoms with Gasteiger partial charge in [0.05, 0.1) is 0 Å². The fourth-order valence-corrected chi connectivity index (χ4v) is 7.01. The highest BCUT2D eigenvalue weighted by Gasteiger charge is 2.42. The van der Waals surface area contributed by atoms with Gasteiger partial charge in [0, 0.05) is 69.1 Å². The summed E-state index contributed by atoms with van der Waals surface area (Å²) in [5.41, 5.74) is 4.58. The van der Waals surface area contributed by atoms with Gasteiger partial charge in [-0.1, -0.05) is 43.2 Å². The van der Waals surface area contributed by atoms with Gasteiger partial charge in [0.25, 0.3) is 0 Å². The number of piperazine rings is 1. The van der Waals surface area contributed by atoms with Gasteiger partial charge in [-0.25, -0.2) is 8.78 Å². The number of unbranched alkanes of at least 4 members (excludes halogenated alkanes) is 3. The van der Waals surface area contributed by atoms with Crippen LogP contribution in [0.2, 0.25) is 0 Å².